The monoisotopic (exact) mass is 395 g/mol. The number of fused-ring (bicyclic) bond motifs is 1. The van der Waals surface area contributed by atoms with Gasteiger partial charge in [0.2, 0.25) is 0 Å². The molecule has 1 fully saturated rings. The lowest BCUT2D eigenvalue weighted by Gasteiger charge is -2.27. The Balaban J connectivity index is 1.60. The topological polar surface area (TPSA) is 56.2 Å². The maximum absolute atomic E-state index is 13.9. The van der Waals surface area contributed by atoms with Gasteiger partial charge in [-0.05, 0) is 49.8 Å². The largest absolute Gasteiger partial charge is 0.494 e. The van der Waals surface area contributed by atoms with Gasteiger partial charge in [-0.3, -0.25) is 9.48 Å². The summed E-state index contributed by atoms with van der Waals surface area (Å²) in [5.74, 6) is 0.269. The van der Waals surface area contributed by atoms with Crippen molar-refractivity contribution in [3.8, 4) is 5.75 Å². The number of methoxy groups -OCH3 is 1. The number of amides is 1. The van der Waals surface area contributed by atoms with Gasteiger partial charge in [0.1, 0.15) is 11.6 Å². The number of hydrogen-bond acceptors (Lipinski definition) is 3. The molecule has 0 spiro atoms. The smallest absolute Gasteiger partial charge is 0.258 e. The van der Waals surface area contributed by atoms with E-state index in [1.807, 2.05) is 18.3 Å². The fourth-order valence-electron chi connectivity index (χ4n) is 4.18. The number of aromatic nitrogens is 2. The van der Waals surface area contributed by atoms with Crippen LogP contribution in [-0.2, 0) is 0 Å². The second-order valence-corrected chi connectivity index (χ2v) is 7.74. The van der Waals surface area contributed by atoms with Crippen molar-refractivity contribution >= 4 is 22.5 Å². The summed E-state index contributed by atoms with van der Waals surface area (Å²) in [6.45, 7) is 2.26. The molecule has 0 saturated heterocycles. The van der Waals surface area contributed by atoms with Gasteiger partial charge < -0.3 is 10.1 Å². The first-order valence-electron chi connectivity index (χ1n) is 10.2. The lowest BCUT2D eigenvalue weighted by Crippen LogP contribution is -2.18. The number of ether oxygens (including phenoxy) is 1. The second kappa shape index (κ2) is 8.23. The van der Waals surface area contributed by atoms with Crippen molar-refractivity contribution in [2.24, 2.45) is 5.92 Å². The van der Waals surface area contributed by atoms with E-state index in [0.29, 0.717) is 17.5 Å². The van der Waals surface area contributed by atoms with Crippen LogP contribution in [0.2, 0.25) is 0 Å². The van der Waals surface area contributed by atoms with Gasteiger partial charge in [0, 0.05) is 17.6 Å². The van der Waals surface area contributed by atoms with Crippen molar-refractivity contribution in [1.82, 2.24) is 9.78 Å². The molecular weight excluding hydrogens is 369 g/mol. The predicted molar refractivity (Wildman–Crippen MR) is 112 cm³/mol. The van der Waals surface area contributed by atoms with E-state index in [-0.39, 0.29) is 5.56 Å². The number of rotatable bonds is 5. The standard InChI is InChI=1S/C23H26FN3O2/c1-3-15-8-10-17(11-9-15)27-14-16-12-21(22(29-2)13-20(16)26-27)25-23(28)18-6-4-5-7-19(18)24/h4-7,12-15,17H,3,8-11H2,1-2H3,(H,25,28)/t15-,17-. The number of carbonyl (C=O) groups excluding carboxylic acids is 1. The molecule has 0 aliphatic heterocycles. The average Bonchev–Trinajstić information content (AvgIpc) is 3.16. The highest BCUT2D eigenvalue weighted by Gasteiger charge is 2.22. The van der Waals surface area contributed by atoms with Crippen LogP contribution in [-0.4, -0.2) is 22.8 Å². The summed E-state index contributed by atoms with van der Waals surface area (Å²) in [7, 11) is 1.54. The van der Waals surface area contributed by atoms with Gasteiger partial charge in [-0.15, -0.1) is 0 Å². The molecule has 1 N–H and O–H groups in total. The van der Waals surface area contributed by atoms with Gasteiger partial charge >= 0.3 is 0 Å². The van der Waals surface area contributed by atoms with Gasteiger partial charge in [0.25, 0.3) is 5.91 Å². The number of nitrogens with zero attached hydrogens (tertiary/aromatic N) is 2. The van der Waals surface area contributed by atoms with Crippen LogP contribution in [0.15, 0.2) is 42.6 Å². The molecule has 4 rings (SSSR count). The molecule has 29 heavy (non-hydrogen) atoms. The minimum absolute atomic E-state index is 0.00182. The van der Waals surface area contributed by atoms with E-state index in [1.54, 1.807) is 19.2 Å². The summed E-state index contributed by atoms with van der Waals surface area (Å²) in [4.78, 5) is 12.5. The van der Waals surface area contributed by atoms with Gasteiger partial charge in [-0.1, -0.05) is 25.5 Å². The van der Waals surface area contributed by atoms with Crippen molar-refractivity contribution in [3.05, 3.63) is 54.0 Å². The zero-order valence-electron chi connectivity index (χ0n) is 16.8. The molecule has 1 aliphatic rings. The van der Waals surface area contributed by atoms with Gasteiger partial charge in [0.15, 0.2) is 0 Å². The molecule has 1 heterocycles. The Hall–Kier alpha value is -2.89. The molecule has 0 bridgehead atoms. The van der Waals surface area contributed by atoms with Crippen LogP contribution in [0.1, 0.15) is 55.4 Å². The van der Waals surface area contributed by atoms with Gasteiger partial charge in [-0.2, -0.15) is 5.10 Å². The molecule has 5 nitrogen and oxygen atoms in total. The fourth-order valence-corrected chi connectivity index (χ4v) is 4.18. The van der Waals surface area contributed by atoms with E-state index in [4.69, 9.17) is 9.84 Å². The molecular formula is C23H26FN3O2. The van der Waals surface area contributed by atoms with E-state index >= 15 is 0 Å². The summed E-state index contributed by atoms with van der Waals surface area (Å²) in [5.41, 5.74) is 1.32. The normalized spacial score (nSPS) is 19.3. The summed E-state index contributed by atoms with van der Waals surface area (Å²) in [6.07, 6.45) is 8.04. The van der Waals surface area contributed by atoms with Crippen LogP contribution >= 0.6 is 0 Å². The van der Waals surface area contributed by atoms with Crippen LogP contribution < -0.4 is 10.1 Å². The lowest BCUT2D eigenvalue weighted by atomic mass is 9.85. The van der Waals surface area contributed by atoms with Crippen molar-refractivity contribution in [3.63, 3.8) is 0 Å². The molecule has 1 aromatic heterocycles. The third-order valence-electron chi connectivity index (χ3n) is 5.98. The Morgan fingerprint density at radius 1 is 1.24 bits per heavy atom. The summed E-state index contributed by atoms with van der Waals surface area (Å²) >= 11 is 0. The van der Waals surface area contributed by atoms with E-state index in [0.717, 1.165) is 29.7 Å². The van der Waals surface area contributed by atoms with Crippen LogP contribution in [0, 0.1) is 11.7 Å². The van der Waals surface area contributed by atoms with Crippen molar-refractivity contribution in [1.29, 1.82) is 0 Å². The minimum Gasteiger partial charge on any atom is -0.494 e. The zero-order chi connectivity index (χ0) is 20.4. The van der Waals surface area contributed by atoms with Crippen LogP contribution in [0.5, 0.6) is 5.75 Å². The Morgan fingerprint density at radius 2 is 2.00 bits per heavy atom. The highest BCUT2D eigenvalue weighted by molar-refractivity contribution is 6.06. The highest BCUT2D eigenvalue weighted by Crippen LogP contribution is 2.36. The van der Waals surface area contributed by atoms with Gasteiger partial charge in [-0.25, -0.2) is 4.39 Å². The van der Waals surface area contributed by atoms with E-state index in [1.165, 1.54) is 31.4 Å². The second-order valence-electron chi connectivity index (χ2n) is 7.74. The zero-order valence-corrected chi connectivity index (χ0v) is 16.8. The van der Waals surface area contributed by atoms with Crippen molar-refractivity contribution < 1.29 is 13.9 Å². The summed E-state index contributed by atoms with van der Waals surface area (Å²) in [5, 5.41) is 8.45. The number of carbonyl (C=O) groups is 1. The number of hydrogen-bond donors (Lipinski definition) is 1. The molecule has 0 radical (unpaired) electrons. The Bertz CT molecular complexity index is 1020. The third-order valence-corrected chi connectivity index (χ3v) is 5.98. The quantitative estimate of drug-likeness (QED) is 0.614. The maximum Gasteiger partial charge on any atom is 0.258 e. The molecule has 6 heteroatoms. The van der Waals surface area contributed by atoms with Crippen LogP contribution in [0.3, 0.4) is 0 Å². The Morgan fingerprint density at radius 3 is 2.69 bits per heavy atom. The highest BCUT2D eigenvalue weighted by atomic mass is 19.1. The SMILES string of the molecule is CC[C@H]1CC[C@H](n2cc3cc(NC(=O)c4ccccc4F)c(OC)cc3n2)CC1. The Kier molecular flexibility index (Phi) is 5.51. The molecule has 0 atom stereocenters. The third kappa shape index (κ3) is 3.97. The molecule has 152 valence electrons. The molecule has 3 aromatic rings. The summed E-state index contributed by atoms with van der Waals surface area (Å²) < 4.78 is 21.4. The lowest BCUT2D eigenvalue weighted by molar-refractivity contribution is 0.102. The van der Waals surface area contributed by atoms with E-state index in [9.17, 15) is 9.18 Å². The van der Waals surface area contributed by atoms with Crippen LogP contribution in [0.4, 0.5) is 10.1 Å². The van der Waals surface area contributed by atoms with Crippen LogP contribution in [0.25, 0.3) is 10.9 Å². The van der Waals surface area contributed by atoms with Gasteiger partial charge in [0.05, 0.1) is 29.9 Å². The molecule has 2 aromatic carbocycles. The predicted octanol–water partition coefficient (Wildman–Crippen LogP) is 5.58. The van der Waals surface area contributed by atoms with E-state index in [2.05, 4.69) is 16.9 Å². The maximum atomic E-state index is 13.9. The van der Waals surface area contributed by atoms with Crippen molar-refractivity contribution in [2.45, 2.75) is 45.1 Å². The van der Waals surface area contributed by atoms with E-state index < -0.39 is 11.7 Å². The number of halogens is 1. The van der Waals surface area contributed by atoms with Crippen molar-refractivity contribution in [2.75, 3.05) is 12.4 Å². The fraction of sp³-hybridized carbons (Fsp3) is 0.391. The molecule has 1 amide bonds. The molecule has 0 unspecified atom stereocenters. The number of nitrogens with one attached hydrogen (secondary N) is 1. The first-order chi connectivity index (χ1) is 14.1. The summed E-state index contributed by atoms with van der Waals surface area (Å²) in [6, 6.07) is 9.99. The first kappa shape index (κ1) is 19.4. The minimum atomic E-state index is -0.555. The molecule has 1 saturated carbocycles. The first-order valence-corrected chi connectivity index (χ1v) is 10.2. The number of anilines is 1. The average molecular weight is 395 g/mol. The Labute approximate surface area is 169 Å². The molecule has 1 aliphatic carbocycles. The number of benzene rings is 2.